The molecule has 4 atom stereocenters. The lowest BCUT2D eigenvalue weighted by atomic mass is 9.78. The smallest absolute Gasteiger partial charge is 0.0708 e. The molecule has 3 aliphatic rings. The minimum absolute atomic E-state index is 0.288. The Hall–Kier alpha value is -0.0800. The van der Waals surface area contributed by atoms with Crippen molar-refractivity contribution < 1.29 is 4.74 Å². The fourth-order valence-corrected chi connectivity index (χ4v) is 4.76. The fraction of sp³-hybridized carbons (Fsp3) is 1.00. The second-order valence-corrected chi connectivity index (χ2v) is 7.80. The maximum absolute atomic E-state index is 6.48. The normalized spacial score (nSPS) is 41.1. The van der Waals surface area contributed by atoms with Gasteiger partial charge in [-0.05, 0) is 43.9 Å². The molecule has 3 fully saturated rings. The average Bonchev–Trinajstić information content (AvgIpc) is 2.84. The largest absolute Gasteiger partial charge is 0.370 e. The molecule has 0 aromatic heterocycles. The van der Waals surface area contributed by atoms with Gasteiger partial charge in [0, 0.05) is 12.6 Å². The topological polar surface area (TPSA) is 21.3 Å². The molecule has 1 aliphatic heterocycles. The van der Waals surface area contributed by atoms with Gasteiger partial charge in [-0.2, -0.15) is 0 Å². The summed E-state index contributed by atoms with van der Waals surface area (Å²) in [7, 11) is 0. The molecule has 2 aliphatic carbocycles. The van der Waals surface area contributed by atoms with Crippen LogP contribution in [0.2, 0.25) is 0 Å². The predicted octanol–water partition coefficient (Wildman–Crippen LogP) is 4.28. The van der Waals surface area contributed by atoms with Crippen molar-refractivity contribution in [3.05, 3.63) is 0 Å². The Kier molecular flexibility index (Phi) is 4.72. The number of nitrogens with one attached hydrogen (secondary N) is 1. The zero-order valence-electron chi connectivity index (χ0n) is 13.5. The van der Waals surface area contributed by atoms with Gasteiger partial charge in [0.05, 0.1) is 11.7 Å². The van der Waals surface area contributed by atoms with Gasteiger partial charge in [0.25, 0.3) is 0 Å². The van der Waals surface area contributed by atoms with Gasteiger partial charge in [-0.25, -0.2) is 0 Å². The van der Waals surface area contributed by atoms with E-state index in [0.29, 0.717) is 6.10 Å². The summed E-state index contributed by atoms with van der Waals surface area (Å²) in [5, 5.41) is 3.84. The van der Waals surface area contributed by atoms with Crippen molar-refractivity contribution in [3.63, 3.8) is 0 Å². The van der Waals surface area contributed by atoms with E-state index >= 15 is 0 Å². The van der Waals surface area contributed by atoms with Crippen molar-refractivity contribution in [2.45, 2.75) is 95.8 Å². The summed E-state index contributed by atoms with van der Waals surface area (Å²) in [5.74, 6) is 1.71. The zero-order valence-corrected chi connectivity index (χ0v) is 13.5. The van der Waals surface area contributed by atoms with Crippen LogP contribution in [0, 0.1) is 11.8 Å². The van der Waals surface area contributed by atoms with Crippen molar-refractivity contribution in [1.82, 2.24) is 5.32 Å². The maximum atomic E-state index is 6.48. The molecule has 2 saturated carbocycles. The molecule has 1 heterocycles. The van der Waals surface area contributed by atoms with Crippen molar-refractivity contribution in [2.75, 3.05) is 6.54 Å². The van der Waals surface area contributed by atoms with Gasteiger partial charge in [-0.1, -0.05) is 46.0 Å². The molecule has 4 unspecified atom stereocenters. The molecule has 116 valence electrons. The highest BCUT2D eigenvalue weighted by molar-refractivity contribution is 4.92. The standard InChI is InChI=1S/C18H33NO/c1-14-7-6-8-17(15(14)2)19-13-16-9-12-18(20-16)10-4-3-5-11-18/h14-17,19H,3-13H2,1-2H3. The van der Waals surface area contributed by atoms with Crippen LogP contribution in [0.15, 0.2) is 0 Å². The van der Waals surface area contributed by atoms with E-state index in [2.05, 4.69) is 19.2 Å². The van der Waals surface area contributed by atoms with Crippen molar-refractivity contribution in [3.8, 4) is 0 Å². The molecule has 1 spiro atoms. The van der Waals surface area contributed by atoms with E-state index in [-0.39, 0.29) is 5.60 Å². The molecule has 0 bridgehead atoms. The summed E-state index contributed by atoms with van der Waals surface area (Å²) in [5.41, 5.74) is 0.288. The van der Waals surface area contributed by atoms with E-state index in [4.69, 9.17) is 4.74 Å². The van der Waals surface area contributed by atoms with E-state index in [9.17, 15) is 0 Å². The summed E-state index contributed by atoms with van der Waals surface area (Å²) < 4.78 is 6.48. The maximum Gasteiger partial charge on any atom is 0.0708 e. The van der Waals surface area contributed by atoms with Crippen molar-refractivity contribution in [1.29, 1.82) is 0 Å². The molecule has 2 heteroatoms. The van der Waals surface area contributed by atoms with Crippen LogP contribution in [0.25, 0.3) is 0 Å². The zero-order chi connectivity index (χ0) is 14.0. The lowest BCUT2D eigenvalue weighted by Gasteiger charge is -2.36. The van der Waals surface area contributed by atoms with E-state index in [1.54, 1.807) is 0 Å². The van der Waals surface area contributed by atoms with Crippen LogP contribution in [-0.2, 0) is 4.74 Å². The highest BCUT2D eigenvalue weighted by atomic mass is 16.5. The predicted molar refractivity (Wildman–Crippen MR) is 83.9 cm³/mol. The molecule has 3 rings (SSSR count). The first-order chi connectivity index (χ1) is 9.69. The first-order valence-corrected chi connectivity index (χ1v) is 9.10. The summed E-state index contributed by atoms with van der Waals surface area (Å²) in [6, 6.07) is 0.727. The monoisotopic (exact) mass is 279 g/mol. The minimum Gasteiger partial charge on any atom is -0.370 e. The summed E-state index contributed by atoms with van der Waals surface area (Å²) >= 11 is 0. The minimum atomic E-state index is 0.288. The van der Waals surface area contributed by atoms with E-state index in [0.717, 1.165) is 24.4 Å². The van der Waals surface area contributed by atoms with Crippen molar-refractivity contribution >= 4 is 0 Å². The van der Waals surface area contributed by atoms with Crippen LogP contribution in [0.4, 0.5) is 0 Å². The van der Waals surface area contributed by atoms with Gasteiger partial charge in [0.1, 0.15) is 0 Å². The third-order valence-corrected chi connectivity index (χ3v) is 6.42. The number of ether oxygens (including phenoxy) is 1. The van der Waals surface area contributed by atoms with E-state index < -0.39 is 0 Å². The van der Waals surface area contributed by atoms with Gasteiger partial charge in [-0.3, -0.25) is 0 Å². The second kappa shape index (κ2) is 6.36. The molecule has 0 aromatic carbocycles. The molecule has 0 aromatic rings. The third kappa shape index (κ3) is 3.22. The lowest BCUT2D eigenvalue weighted by Crippen LogP contribution is -2.44. The number of rotatable bonds is 3. The van der Waals surface area contributed by atoms with E-state index in [1.807, 2.05) is 0 Å². The molecular weight excluding hydrogens is 246 g/mol. The highest BCUT2D eigenvalue weighted by Gasteiger charge is 2.40. The van der Waals surface area contributed by atoms with Gasteiger partial charge in [-0.15, -0.1) is 0 Å². The van der Waals surface area contributed by atoms with Crippen LogP contribution in [-0.4, -0.2) is 24.3 Å². The molecular formula is C18H33NO. The van der Waals surface area contributed by atoms with Gasteiger partial charge in [0.2, 0.25) is 0 Å². The first-order valence-electron chi connectivity index (χ1n) is 9.10. The fourth-order valence-electron chi connectivity index (χ4n) is 4.76. The van der Waals surface area contributed by atoms with Crippen molar-refractivity contribution in [2.24, 2.45) is 11.8 Å². The van der Waals surface area contributed by atoms with Crippen LogP contribution >= 0.6 is 0 Å². The van der Waals surface area contributed by atoms with Crippen LogP contribution in [0.5, 0.6) is 0 Å². The molecule has 1 N–H and O–H groups in total. The lowest BCUT2D eigenvalue weighted by molar-refractivity contribution is -0.0637. The van der Waals surface area contributed by atoms with Crippen LogP contribution in [0.3, 0.4) is 0 Å². The average molecular weight is 279 g/mol. The Morgan fingerprint density at radius 3 is 2.55 bits per heavy atom. The Labute approximate surface area is 125 Å². The molecule has 1 saturated heterocycles. The second-order valence-electron chi connectivity index (χ2n) is 7.80. The Balaban J connectivity index is 1.45. The van der Waals surface area contributed by atoms with Gasteiger partial charge >= 0.3 is 0 Å². The molecule has 0 radical (unpaired) electrons. The molecule has 2 nitrogen and oxygen atoms in total. The molecule has 0 amide bonds. The SMILES string of the molecule is CC1CCCC(NCC2CCC3(CCCCC3)O2)C1C. The number of hydrogen-bond acceptors (Lipinski definition) is 2. The van der Waals surface area contributed by atoms with Crippen LogP contribution in [0.1, 0.15) is 78.1 Å². The first kappa shape index (κ1) is 14.8. The number of hydrogen-bond donors (Lipinski definition) is 1. The Morgan fingerprint density at radius 2 is 1.75 bits per heavy atom. The Morgan fingerprint density at radius 1 is 0.950 bits per heavy atom. The molecule has 20 heavy (non-hydrogen) atoms. The van der Waals surface area contributed by atoms with E-state index in [1.165, 1.54) is 64.2 Å². The third-order valence-electron chi connectivity index (χ3n) is 6.42. The van der Waals surface area contributed by atoms with Gasteiger partial charge < -0.3 is 10.1 Å². The summed E-state index contributed by atoms with van der Waals surface area (Å²) in [6.45, 7) is 5.94. The summed E-state index contributed by atoms with van der Waals surface area (Å²) in [4.78, 5) is 0. The highest BCUT2D eigenvalue weighted by Crippen LogP contribution is 2.41. The van der Waals surface area contributed by atoms with Crippen LogP contribution < -0.4 is 5.32 Å². The quantitative estimate of drug-likeness (QED) is 0.832. The Bertz CT molecular complexity index is 311. The summed E-state index contributed by atoms with van der Waals surface area (Å²) in [6.07, 6.45) is 14.1. The van der Waals surface area contributed by atoms with Gasteiger partial charge in [0.15, 0.2) is 0 Å².